The Morgan fingerprint density at radius 1 is 1.26 bits per heavy atom. The Hall–Kier alpha value is -1.36. The quantitative estimate of drug-likeness (QED) is 0.814. The maximum atomic E-state index is 12.3. The third-order valence-electron chi connectivity index (χ3n) is 2.57. The lowest BCUT2D eigenvalue weighted by molar-refractivity contribution is -0.118. The molecule has 2 amide bonds. The standard InChI is InChI=1S/C14H19BrN2O2/c1-10(2)8-17(9-13(16)18)14(19)12-5-3-11(7-15)4-6-12/h3-6,10H,7-9H2,1-2H3,(H2,16,18). The van der Waals surface area contributed by atoms with Gasteiger partial charge in [-0.15, -0.1) is 0 Å². The number of carbonyl (C=O) groups is 2. The molecule has 0 aliphatic rings. The van der Waals surface area contributed by atoms with Gasteiger partial charge in [0.25, 0.3) is 5.91 Å². The summed E-state index contributed by atoms with van der Waals surface area (Å²) in [7, 11) is 0. The predicted molar refractivity (Wildman–Crippen MR) is 79.0 cm³/mol. The van der Waals surface area contributed by atoms with Gasteiger partial charge in [-0.25, -0.2) is 0 Å². The molecule has 0 aliphatic carbocycles. The number of hydrogen-bond donors (Lipinski definition) is 1. The van der Waals surface area contributed by atoms with E-state index < -0.39 is 5.91 Å². The summed E-state index contributed by atoms with van der Waals surface area (Å²) in [5.41, 5.74) is 6.87. The number of halogens is 1. The minimum Gasteiger partial charge on any atom is -0.368 e. The van der Waals surface area contributed by atoms with Crippen LogP contribution in [0.15, 0.2) is 24.3 Å². The highest BCUT2D eigenvalue weighted by atomic mass is 79.9. The molecule has 0 bridgehead atoms. The van der Waals surface area contributed by atoms with Gasteiger partial charge in [-0.1, -0.05) is 41.9 Å². The highest BCUT2D eigenvalue weighted by molar-refractivity contribution is 9.08. The van der Waals surface area contributed by atoms with Crippen molar-refractivity contribution in [1.82, 2.24) is 4.90 Å². The Balaban J connectivity index is 2.87. The van der Waals surface area contributed by atoms with Gasteiger partial charge in [0.2, 0.25) is 5.91 Å². The van der Waals surface area contributed by atoms with Crippen LogP contribution in [0.4, 0.5) is 0 Å². The van der Waals surface area contributed by atoms with E-state index in [1.165, 1.54) is 4.90 Å². The van der Waals surface area contributed by atoms with Crippen molar-refractivity contribution in [3.8, 4) is 0 Å². The third-order valence-corrected chi connectivity index (χ3v) is 3.22. The number of carbonyl (C=O) groups excluding carboxylic acids is 2. The van der Waals surface area contributed by atoms with Gasteiger partial charge in [-0.2, -0.15) is 0 Å². The lowest BCUT2D eigenvalue weighted by Gasteiger charge is -2.23. The molecule has 5 heteroatoms. The fourth-order valence-electron chi connectivity index (χ4n) is 1.77. The summed E-state index contributed by atoms with van der Waals surface area (Å²) in [6, 6.07) is 7.32. The summed E-state index contributed by atoms with van der Waals surface area (Å²) < 4.78 is 0. The number of nitrogens with two attached hydrogens (primary N) is 1. The first kappa shape index (κ1) is 15.7. The summed E-state index contributed by atoms with van der Waals surface area (Å²) in [5, 5.41) is 0.748. The minimum atomic E-state index is -0.494. The Morgan fingerprint density at radius 3 is 2.26 bits per heavy atom. The van der Waals surface area contributed by atoms with Crippen LogP contribution in [0.2, 0.25) is 0 Å². The fourth-order valence-corrected chi connectivity index (χ4v) is 2.14. The highest BCUT2D eigenvalue weighted by Gasteiger charge is 2.18. The topological polar surface area (TPSA) is 63.4 Å². The zero-order chi connectivity index (χ0) is 14.4. The van der Waals surface area contributed by atoms with E-state index >= 15 is 0 Å². The van der Waals surface area contributed by atoms with Crippen LogP contribution in [0, 0.1) is 5.92 Å². The second-order valence-electron chi connectivity index (χ2n) is 4.88. The van der Waals surface area contributed by atoms with Gasteiger partial charge >= 0.3 is 0 Å². The van der Waals surface area contributed by atoms with Gasteiger partial charge in [0.1, 0.15) is 0 Å². The molecule has 0 saturated carbocycles. The van der Waals surface area contributed by atoms with Crippen molar-refractivity contribution in [3.05, 3.63) is 35.4 Å². The van der Waals surface area contributed by atoms with Crippen LogP contribution >= 0.6 is 15.9 Å². The Morgan fingerprint density at radius 2 is 1.84 bits per heavy atom. The number of nitrogens with zero attached hydrogens (tertiary/aromatic N) is 1. The molecule has 1 aromatic rings. The van der Waals surface area contributed by atoms with Gasteiger partial charge in [-0.3, -0.25) is 9.59 Å². The van der Waals surface area contributed by atoms with E-state index in [0.717, 1.165) is 10.9 Å². The zero-order valence-electron chi connectivity index (χ0n) is 11.2. The lowest BCUT2D eigenvalue weighted by Crippen LogP contribution is -2.40. The molecule has 1 aromatic carbocycles. The molecule has 0 heterocycles. The molecule has 0 spiro atoms. The van der Waals surface area contributed by atoms with E-state index in [0.29, 0.717) is 12.1 Å². The summed E-state index contributed by atoms with van der Waals surface area (Å²) in [6.45, 7) is 4.46. The summed E-state index contributed by atoms with van der Waals surface area (Å²) >= 11 is 3.36. The number of rotatable bonds is 6. The number of alkyl halides is 1. The molecule has 104 valence electrons. The van der Waals surface area contributed by atoms with Crippen LogP contribution in [0.25, 0.3) is 0 Å². The summed E-state index contributed by atoms with van der Waals surface area (Å²) in [4.78, 5) is 24.9. The molecule has 0 radical (unpaired) electrons. The average Bonchev–Trinajstić information content (AvgIpc) is 2.36. The van der Waals surface area contributed by atoms with E-state index in [1.807, 2.05) is 26.0 Å². The fraction of sp³-hybridized carbons (Fsp3) is 0.429. The van der Waals surface area contributed by atoms with Crippen molar-refractivity contribution < 1.29 is 9.59 Å². The van der Waals surface area contributed by atoms with Gasteiger partial charge < -0.3 is 10.6 Å². The smallest absolute Gasteiger partial charge is 0.254 e. The zero-order valence-corrected chi connectivity index (χ0v) is 12.8. The first-order chi connectivity index (χ1) is 8.93. The maximum absolute atomic E-state index is 12.3. The van der Waals surface area contributed by atoms with Crippen molar-refractivity contribution in [3.63, 3.8) is 0 Å². The lowest BCUT2D eigenvalue weighted by atomic mass is 10.1. The van der Waals surface area contributed by atoms with Crippen LogP contribution in [0.3, 0.4) is 0 Å². The Kier molecular flexibility index (Phi) is 6.02. The molecule has 0 aliphatic heterocycles. The molecule has 0 fully saturated rings. The number of amides is 2. The predicted octanol–water partition coefficient (Wildman–Crippen LogP) is 2.17. The van der Waals surface area contributed by atoms with Crippen LogP contribution in [-0.4, -0.2) is 29.8 Å². The second-order valence-corrected chi connectivity index (χ2v) is 5.44. The van der Waals surface area contributed by atoms with Gasteiger partial charge in [0, 0.05) is 17.4 Å². The number of hydrogen-bond acceptors (Lipinski definition) is 2. The molecule has 0 saturated heterocycles. The summed E-state index contributed by atoms with van der Waals surface area (Å²) in [5.74, 6) is -0.371. The third kappa shape index (κ3) is 5.03. The Labute approximate surface area is 122 Å². The molecular weight excluding hydrogens is 308 g/mol. The molecule has 0 unspecified atom stereocenters. The van der Waals surface area contributed by atoms with Crippen molar-refractivity contribution in [2.75, 3.05) is 13.1 Å². The second kappa shape index (κ2) is 7.28. The van der Waals surface area contributed by atoms with E-state index in [-0.39, 0.29) is 18.4 Å². The van der Waals surface area contributed by atoms with E-state index in [9.17, 15) is 9.59 Å². The van der Waals surface area contributed by atoms with Crippen molar-refractivity contribution in [1.29, 1.82) is 0 Å². The van der Waals surface area contributed by atoms with E-state index in [2.05, 4.69) is 15.9 Å². The van der Waals surface area contributed by atoms with Crippen LogP contribution < -0.4 is 5.73 Å². The first-order valence-corrected chi connectivity index (χ1v) is 7.28. The largest absolute Gasteiger partial charge is 0.368 e. The average molecular weight is 327 g/mol. The molecule has 19 heavy (non-hydrogen) atoms. The molecule has 1 rings (SSSR count). The highest BCUT2D eigenvalue weighted by Crippen LogP contribution is 2.11. The normalized spacial score (nSPS) is 10.5. The number of primary amides is 1. The van der Waals surface area contributed by atoms with Gasteiger partial charge in [0.15, 0.2) is 0 Å². The monoisotopic (exact) mass is 326 g/mol. The summed E-state index contributed by atoms with van der Waals surface area (Å²) in [6.07, 6.45) is 0. The molecular formula is C14H19BrN2O2. The Bertz CT molecular complexity index is 443. The molecule has 0 aromatic heterocycles. The molecule has 0 atom stereocenters. The van der Waals surface area contributed by atoms with E-state index in [1.54, 1.807) is 12.1 Å². The van der Waals surface area contributed by atoms with Crippen molar-refractivity contribution >= 4 is 27.7 Å². The van der Waals surface area contributed by atoms with Crippen LogP contribution in [0.5, 0.6) is 0 Å². The number of benzene rings is 1. The van der Waals surface area contributed by atoms with Crippen molar-refractivity contribution in [2.24, 2.45) is 11.7 Å². The molecule has 2 N–H and O–H groups in total. The first-order valence-electron chi connectivity index (χ1n) is 6.16. The minimum absolute atomic E-state index is 0.0444. The van der Waals surface area contributed by atoms with E-state index in [4.69, 9.17) is 5.73 Å². The van der Waals surface area contributed by atoms with Gasteiger partial charge in [-0.05, 0) is 23.6 Å². The maximum Gasteiger partial charge on any atom is 0.254 e. The van der Waals surface area contributed by atoms with Crippen molar-refractivity contribution in [2.45, 2.75) is 19.2 Å². The van der Waals surface area contributed by atoms with Crippen LogP contribution in [0.1, 0.15) is 29.8 Å². The molecule has 4 nitrogen and oxygen atoms in total. The SMILES string of the molecule is CC(C)CN(CC(N)=O)C(=O)c1ccc(CBr)cc1. The van der Waals surface area contributed by atoms with Crippen LogP contribution in [-0.2, 0) is 10.1 Å². The van der Waals surface area contributed by atoms with Gasteiger partial charge in [0.05, 0.1) is 6.54 Å².